The number of benzene rings is 1. The number of rotatable bonds is 1. The molecule has 19 heavy (non-hydrogen) atoms. The first-order valence-corrected chi connectivity index (χ1v) is 6.47. The van der Waals surface area contributed by atoms with Crippen molar-refractivity contribution in [1.82, 2.24) is 9.97 Å². The Kier molecular flexibility index (Phi) is 2.82. The standard InChI is InChI=1S/C14H14ClN3O/c1-14(2)9-18(10-6-4-3-5-7-10)12-11(19-14)8-16-13(15)17-12/h3-8H,9H2,1-2H3. The highest BCUT2D eigenvalue weighted by molar-refractivity contribution is 6.28. The van der Waals surface area contributed by atoms with Gasteiger partial charge in [-0.15, -0.1) is 0 Å². The second-order valence-corrected chi connectivity index (χ2v) is 5.45. The van der Waals surface area contributed by atoms with E-state index in [1.807, 2.05) is 44.2 Å². The molecule has 0 N–H and O–H groups in total. The van der Waals surface area contributed by atoms with Gasteiger partial charge in [-0.25, -0.2) is 4.98 Å². The first kappa shape index (κ1) is 12.2. The summed E-state index contributed by atoms with van der Waals surface area (Å²) in [5, 5.41) is 0.225. The smallest absolute Gasteiger partial charge is 0.224 e. The van der Waals surface area contributed by atoms with Gasteiger partial charge in [-0.05, 0) is 37.6 Å². The molecule has 0 fully saturated rings. The van der Waals surface area contributed by atoms with Crippen LogP contribution in [0.1, 0.15) is 13.8 Å². The molecule has 5 heteroatoms. The molecule has 2 aromatic rings. The van der Waals surface area contributed by atoms with Crippen LogP contribution in [-0.2, 0) is 0 Å². The highest BCUT2D eigenvalue weighted by atomic mass is 35.5. The summed E-state index contributed by atoms with van der Waals surface area (Å²) in [4.78, 5) is 10.4. The van der Waals surface area contributed by atoms with Gasteiger partial charge in [-0.3, -0.25) is 0 Å². The molecule has 0 radical (unpaired) electrons. The Morgan fingerprint density at radius 2 is 2.00 bits per heavy atom. The van der Waals surface area contributed by atoms with Gasteiger partial charge in [0.05, 0.1) is 12.7 Å². The first-order valence-electron chi connectivity index (χ1n) is 6.09. The number of hydrogen-bond acceptors (Lipinski definition) is 4. The van der Waals surface area contributed by atoms with Crippen LogP contribution in [0.4, 0.5) is 11.5 Å². The average molecular weight is 276 g/mol. The maximum atomic E-state index is 5.90. The minimum absolute atomic E-state index is 0.225. The molecule has 0 bridgehead atoms. The predicted octanol–water partition coefficient (Wildman–Crippen LogP) is 3.44. The number of halogens is 1. The summed E-state index contributed by atoms with van der Waals surface area (Å²) in [5.74, 6) is 1.37. The summed E-state index contributed by atoms with van der Waals surface area (Å²) >= 11 is 5.90. The third kappa shape index (κ3) is 2.36. The van der Waals surface area contributed by atoms with Crippen molar-refractivity contribution in [3.05, 3.63) is 41.8 Å². The molecule has 1 aromatic carbocycles. The Morgan fingerprint density at radius 3 is 2.74 bits per heavy atom. The number of nitrogens with zero attached hydrogens (tertiary/aromatic N) is 3. The second-order valence-electron chi connectivity index (χ2n) is 5.11. The molecule has 98 valence electrons. The van der Waals surface area contributed by atoms with Crippen LogP contribution in [0.15, 0.2) is 36.5 Å². The fourth-order valence-corrected chi connectivity index (χ4v) is 2.34. The van der Waals surface area contributed by atoms with Gasteiger partial charge in [0, 0.05) is 5.69 Å². The molecular formula is C14H14ClN3O. The largest absolute Gasteiger partial charge is 0.480 e. The number of fused-ring (bicyclic) bond motifs is 1. The highest BCUT2D eigenvalue weighted by Gasteiger charge is 2.33. The predicted molar refractivity (Wildman–Crippen MR) is 75.2 cm³/mol. The van der Waals surface area contributed by atoms with Gasteiger partial charge in [-0.1, -0.05) is 18.2 Å². The van der Waals surface area contributed by atoms with Crippen LogP contribution in [0.3, 0.4) is 0 Å². The Morgan fingerprint density at radius 1 is 1.26 bits per heavy atom. The van der Waals surface area contributed by atoms with Crippen LogP contribution in [0.5, 0.6) is 5.75 Å². The molecule has 0 spiro atoms. The summed E-state index contributed by atoms with van der Waals surface area (Å²) in [5.41, 5.74) is 0.759. The van der Waals surface area contributed by atoms with Gasteiger partial charge < -0.3 is 9.64 Å². The molecular weight excluding hydrogens is 262 g/mol. The zero-order valence-corrected chi connectivity index (χ0v) is 11.6. The van der Waals surface area contributed by atoms with Crippen molar-refractivity contribution in [2.45, 2.75) is 19.4 Å². The maximum absolute atomic E-state index is 5.90. The van der Waals surface area contributed by atoms with E-state index in [2.05, 4.69) is 14.9 Å². The van der Waals surface area contributed by atoms with E-state index in [9.17, 15) is 0 Å². The Balaban J connectivity index is 2.12. The van der Waals surface area contributed by atoms with Crippen molar-refractivity contribution >= 4 is 23.1 Å². The minimum atomic E-state index is -0.306. The topological polar surface area (TPSA) is 38.2 Å². The summed E-state index contributed by atoms with van der Waals surface area (Å²) in [7, 11) is 0. The van der Waals surface area contributed by atoms with Gasteiger partial charge in [-0.2, -0.15) is 4.98 Å². The third-order valence-electron chi connectivity index (χ3n) is 2.96. The van der Waals surface area contributed by atoms with Crippen molar-refractivity contribution < 1.29 is 4.74 Å². The minimum Gasteiger partial charge on any atom is -0.480 e. The molecule has 0 saturated heterocycles. The molecule has 0 unspecified atom stereocenters. The van der Waals surface area contributed by atoms with Crippen LogP contribution in [0.25, 0.3) is 0 Å². The zero-order chi connectivity index (χ0) is 13.5. The van der Waals surface area contributed by atoms with Crippen LogP contribution in [0.2, 0.25) is 5.28 Å². The molecule has 1 aliphatic heterocycles. The molecule has 0 amide bonds. The summed E-state index contributed by atoms with van der Waals surface area (Å²) in [6.45, 7) is 4.79. The lowest BCUT2D eigenvalue weighted by molar-refractivity contribution is 0.107. The lowest BCUT2D eigenvalue weighted by Crippen LogP contribution is -2.45. The zero-order valence-electron chi connectivity index (χ0n) is 10.8. The van der Waals surface area contributed by atoms with Crippen molar-refractivity contribution in [3.8, 4) is 5.75 Å². The van der Waals surface area contributed by atoms with E-state index in [1.54, 1.807) is 6.20 Å². The fourth-order valence-electron chi connectivity index (χ4n) is 2.21. The number of hydrogen-bond donors (Lipinski definition) is 0. The SMILES string of the molecule is CC1(C)CN(c2ccccc2)c2nc(Cl)ncc2O1. The number of anilines is 2. The molecule has 0 atom stereocenters. The summed E-state index contributed by atoms with van der Waals surface area (Å²) in [6.07, 6.45) is 1.63. The average Bonchev–Trinajstić information content (AvgIpc) is 2.39. The van der Waals surface area contributed by atoms with Crippen molar-refractivity contribution in [2.24, 2.45) is 0 Å². The van der Waals surface area contributed by atoms with E-state index in [4.69, 9.17) is 16.3 Å². The molecule has 0 saturated carbocycles. The summed E-state index contributed by atoms with van der Waals surface area (Å²) < 4.78 is 5.90. The number of para-hydroxylation sites is 1. The van der Waals surface area contributed by atoms with E-state index in [1.165, 1.54) is 0 Å². The van der Waals surface area contributed by atoms with Gasteiger partial charge in [0.25, 0.3) is 0 Å². The van der Waals surface area contributed by atoms with Crippen LogP contribution in [-0.4, -0.2) is 22.1 Å². The molecule has 0 aliphatic carbocycles. The van der Waals surface area contributed by atoms with Gasteiger partial charge in [0.15, 0.2) is 11.6 Å². The molecule has 1 aromatic heterocycles. The van der Waals surface area contributed by atoms with Gasteiger partial charge in [0.2, 0.25) is 5.28 Å². The molecule has 3 rings (SSSR count). The second kappa shape index (κ2) is 4.38. The molecule has 2 heterocycles. The van der Waals surface area contributed by atoms with Gasteiger partial charge in [0.1, 0.15) is 5.60 Å². The molecule has 1 aliphatic rings. The number of aromatic nitrogens is 2. The highest BCUT2D eigenvalue weighted by Crippen LogP contribution is 2.39. The van der Waals surface area contributed by atoms with Crippen LogP contribution < -0.4 is 9.64 Å². The third-order valence-corrected chi connectivity index (χ3v) is 3.14. The monoisotopic (exact) mass is 275 g/mol. The van der Waals surface area contributed by atoms with Crippen LogP contribution >= 0.6 is 11.6 Å². The van der Waals surface area contributed by atoms with Crippen LogP contribution in [0, 0.1) is 0 Å². The van der Waals surface area contributed by atoms with E-state index >= 15 is 0 Å². The first-order chi connectivity index (χ1) is 9.05. The van der Waals surface area contributed by atoms with E-state index < -0.39 is 0 Å². The van der Waals surface area contributed by atoms with Gasteiger partial charge >= 0.3 is 0 Å². The maximum Gasteiger partial charge on any atom is 0.224 e. The molecule has 4 nitrogen and oxygen atoms in total. The van der Waals surface area contributed by atoms with E-state index in [0.29, 0.717) is 18.1 Å². The lowest BCUT2D eigenvalue weighted by atomic mass is 10.1. The van der Waals surface area contributed by atoms with Crippen molar-refractivity contribution in [2.75, 3.05) is 11.4 Å². The number of ether oxygens (including phenoxy) is 1. The Hall–Kier alpha value is -1.81. The Labute approximate surface area is 117 Å². The van der Waals surface area contributed by atoms with E-state index in [0.717, 1.165) is 5.69 Å². The summed E-state index contributed by atoms with van der Waals surface area (Å²) in [6, 6.07) is 10.1. The quantitative estimate of drug-likeness (QED) is 0.747. The van der Waals surface area contributed by atoms with E-state index in [-0.39, 0.29) is 10.9 Å². The van der Waals surface area contributed by atoms with Crippen molar-refractivity contribution in [1.29, 1.82) is 0 Å². The Bertz CT molecular complexity index is 601. The van der Waals surface area contributed by atoms with Crippen molar-refractivity contribution in [3.63, 3.8) is 0 Å². The normalized spacial score (nSPS) is 16.7. The fraction of sp³-hybridized carbons (Fsp3) is 0.286. The lowest BCUT2D eigenvalue weighted by Gasteiger charge is -2.39.